The van der Waals surface area contributed by atoms with Crippen molar-refractivity contribution < 1.29 is 9.59 Å². The number of aryl methyl sites for hydroxylation is 1. The fourth-order valence-corrected chi connectivity index (χ4v) is 3.71. The van der Waals surface area contributed by atoms with Crippen LogP contribution in [0.5, 0.6) is 0 Å². The van der Waals surface area contributed by atoms with E-state index in [1.807, 2.05) is 66.6 Å². The molecule has 0 radical (unpaired) electrons. The number of anilines is 1. The van der Waals surface area contributed by atoms with Crippen LogP contribution in [0.2, 0.25) is 0 Å². The number of rotatable bonds is 4. The fourth-order valence-electron chi connectivity index (χ4n) is 3.27. The molecule has 0 spiro atoms. The van der Waals surface area contributed by atoms with Crippen LogP contribution in [0, 0.1) is 12.8 Å². The average Bonchev–Trinajstić information content (AvgIpc) is 2.68. The number of nitrogens with one attached hydrogen (secondary N) is 1. The van der Waals surface area contributed by atoms with Gasteiger partial charge in [-0.05, 0) is 55.9 Å². The molecule has 136 valence electrons. The van der Waals surface area contributed by atoms with Gasteiger partial charge in [0.05, 0.1) is 5.92 Å². The van der Waals surface area contributed by atoms with Crippen LogP contribution in [0.3, 0.4) is 0 Å². The zero-order chi connectivity index (χ0) is 18.5. The highest BCUT2D eigenvalue weighted by molar-refractivity contribution is 7.98. The Morgan fingerprint density at radius 3 is 2.65 bits per heavy atom. The third kappa shape index (κ3) is 4.28. The Morgan fingerprint density at radius 2 is 1.92 bits per heavy atom. The molecule has 0 aromatic heterocycles. The van der Waals surface area contributed by atoms with Crippen molar-refractivity contribution in [3.8, 4) is 0 Å². The summed E-state index contributed by atoms with van der Waals surface area (Å²) < 4.78 is 0. The van der Waals surface area contributed by atoms with E-state index in [0.717, 1.165) is 34.6 Å². The molecule has 1 aliphatic rings. The first kappa shape index (κ1) is 18.5. The van der Waals surface area contributed by atoms with Crippen LogP contribution in [0.25, 0.3) is 0 Å². The van der Waals surface area contributed by atoms with Gasteiger partial charge in [-0.3, -0.25) is 9.59 Å². The number of thioether (sulfide) groups is 1. The Labute approximate surface area is 159 Å². The van der Waals surface area contributed by atoms with Crippen molar-refractivity contribution >= 4 is 29.3 Å². The van der Waals surface area contributed by atoms with E-state index in [4.69, 9.17) is 0 Å². The SMILES string of the molecule is CSc1ccc(C)c(C(=O)N2CCCC(C(=O)Nc3ccccc3)C2)c1. The van der Waals surface area contributed by atoms with Gasteiger partial charge in [0.2, 0.25) is 5.91 Å². The molecule has 1 atom stereocenters. The van der Waals surface area contributed by atoms with Crippen molar-refractivity contribution in [2.45, 2.75) is 24.7 Å². The van der Waals surface area contributed by atoms with Gasteiger partial charge in [0.15, 0.2) is 0 Å². The molecule has 3 rings (SSSR count). The fraction of sp³-hybridized carbons (Fsp3) is 0.333. The minimum atomic E-state index is -0.169. The molecule has 1 fully saturated rings. The lowest BCUT2D eigenvalue weighted by Crippen LogP contribution is -2.44. The van der Waals surface area contributed by atoms with E-state index in [1.54, 1.807) is 11.8 Å². The van der Waals surface area contributed by atoms with Gasteiger partial charge >= 0.3 is 0 Å². The van der Waals surface area contributed by atoms with E-state index in [0.29, 0.717) is 13.1 Å². The second-order valence-corrected chi connectivity index (χ2v) is 7.51. The Bertz CT molecular complexity index is 792. The summed E-state index contributed by atoms with van der Waals surface area (Å²) in [5.41, 5.74) is 2.51. The third-order valence-electron chi connectivity index (χ3n) is 4.80. The van der Waals surface area contributed by atoms with Crippen LogP contribution in [-0.4, -0.2) is 36.1 Å². The molecular formula is C21H24N2O2S. The predicted molar refractivity (Wildman–Crippen MR) is 107 cm³/mol. The molecule has 5 heteroatoms. The van der Waals surface area contributed by atoms with Gasteiger partial charge in [-0.15, -0.1) is 11.8 Å². The largest absolute Gasteiger partial charge is 0.338 e. The molecule has 26 heavy (non-hydrogen) atoms. The molecule has 1 aliphatic heterocycles. The second kappa shape index (κ2) is 8.41. The highest BCUT2D eigenvalue weighted by Crippen LogP contribution is 2.24. The normalized spacial score (nSPS) is 17.0. The first-order chi connectivity index (χ1) is 12.6. The Kier molecular flexibility index (Phi) is 5.99. The van der Waals surface area contributed by atoms with E-state index in [-0.39, 0.29) is 17.7 Å². The minimum absolute atomic E-state index is 0.0108. The molecule has 4 nitrogen and oxygen atoms in total. The number of amides is 2. The average molecular weight is 369 g/mol. The van der Waals surface area contributed by atoms with Crippen LogP contribution in [0.15, 0.2) is 53.4 Å². The molecule has 2 aromatic carbocycles. The maximum Gasteiger partial charge on any atom is 0.254 e. The first-order valence-corrected chi connectivity index (χ1v) is 10.1. The number of carbonyl (C=O) groups is 2. The van der Waals surface area contributed by atoms with Crippen LogP contribution in [0.1, 0.15) is 28.8 Å². The van der Waals surface area contributed by atoms with Gasteiger partial charge in [0.25, 0.3) is 5.91 Å². The first-order valence-electron chi connectivity index (χ1n) is 8.88. The van der Waals surface area contributed by atoms with Crippen molar-refractivity contribution in [2.24, 2.45) is 5.92 Å². The maximum atomic E-state index is 13.0. The molecule has 1 saturated heterocycles. The summed E-state index contributed by atoms with van der Waals surface area (Å²) in [6.07, 6.45) is 3.66. The highest BCUT2D eigenvalue weighted by atomic mass is 32.2. The number of piperidine rings is 1. The summed E-state index contributed by atoms with van der Waals surface area (Å²) >= 11 is 1.63. The van der Waals surface area contributed by atoms with E-state index in [1.165, 1.54) is 0 Å². The Hall–Kier alpha value is -2.27. The van der Waals surface area contributed by atoms with Crippen molar-refractivity contribution in [2.75, 3.05) is 24.7 Å². The molecule has 0 aliphatic carbocycles. The number of para-hydroxylation sites is 1. The zero-order valence-corrected chi connectivity index (χ0v) is 16.0. The number of nitrogens with zero attached hydrogens (tertiary/aromatic N) is 1. The lowest BCUT2D eigenvalue weighted by atomic mass is 9.96. The Morgan fingerprint density at radius 1 is 1.15 bits per heavy atom. The molecule has 2 aromatic rings. The summed E-state index contributed by atoms with van der Waals surface area (Å²) in [4.78, 5) is 28.5. The monoisotopic (exact) mass is 368 g/mol. The molecule has 0 bridgehead atoms. The summed E-state index contributed by atoms with van der Waals surface area (Å²) in [5.74, 6) is -0.157. The topological polar surface area (TPSA) is 49.4 Å². The minimum Gasteiger partial charge on any atom is -0.338 e. The number of hydrogen-bond acceptors (Lipinski definition) is 3. The van der Waals surface area contributed by atoms with E-state index in [2.05, 4.69) is 5.32 Å². The van der Waals surface area contributed by atoms with Crippen molar-refractivity contribution in [1.82, 2.24) is 4.90 Å². The van der Waals surface area contributed by atoms with Gasteiger partial charge in [-0.25, -0.2) is 0 Å². The van der Waals surface area contributed by atoms with Gasteiger partial charge in [-0.1, -0.05) is 24.3 Å². The van der Waals surface area contributed by atoms with E-state index >= 15 is 0 Å². The molecule has 1 N–H and O–H groups in total. The number of carbonyl (C=O) groups excluding carboxylic acids is 2. The quantitative estimate of drug-likeness (QED) is 0.823. The lowest BCUT2D eigenvalue weighted by molar-refractivity contribution is -0.121. The summed E-state index contributed by atoms with van der Waals surface area (Å²) in [5, 5.41) is 2.96. The summed E-state index contributed by atoms with van der Waals surface area (Å²) in [7, 11) is 0. The van der Waals surface area contributed by atoms with Crippen LogP contribution in [0.4, 0.5) is 5.69 Å². The number of likely N-dealkylation sites (tertiary alicyclic amines) is 1. The third-order valence-corrected chi connectivity index (χ3v) is 5.52. The smallest absolute Gasteiger partial charge is 0.254 e. The van der Waals surface area contributed by atoms with Gasteiger partial charge in [0.1, 0.15) is 0 Å². The van der Waals surface area contributed by atoms with Crippen LogP contribution < -0.4 is 5.32 Å². The van der Waals surface area contributed by atoms with Crippen LogP contribution in [-0.2, 0) is 4.79 Å². The molecule has 1 heterocycles. The number of hydrogen-bond donors (Lipinski definition) is 1. The molecular weight excluding hydrogens is 344 g/mol. The van der Waals surface area contributed by atoms with E-state index < -0.39 is 0 Å². The highest BCUT2D eigenvalue weighted by Gasteiger charge is 2.29. The number of benzene rings is 2. The van der Waals surface area contributed by atoms with Crippen LogP contribution >= 0.6 is 11.8 Å². The van der Waals surface area contributed by atoms with Gasteiger partial charge in [0, 0.05) is 29.2 Å². The van der Waals surface area contributed by atoms with Crippen molar-refractivity contribution in [1.29, 1.82) is 0 Å². The summed E-state index contributed by atoms with van der Waals surface area (Å²) in [6, 6.07) is 15.4. The Balaban J connectivity index is 1.70. The standard InChI is InChI=1S/C21H24N2O2S/c1-15-10-11-18(26-2)13-19(15)21(25)23-12-6-7-16(14-23)20(24)22-17-8-4-3-5-9-17/h3-5,8-11,13,16H,6-7,12,14H2,1-2H3,(H,22,24). The van der Waals surface area contributed by atoms with Gasteiger partial charge in [-0.2, -0.15) is 0 Å². The zero-order valence-electron chi connectivity index (χ0n) is 15.2. The van der Waals surface area contributed by atoms with Crippen molar-refractivity contribution in [3.63, 3.8) is 0 Å². The molecule has 1 unspecified atom stereocenters. The predicted octanol–water partition coefficient (Wildman–Crippen LogP) is 4.21. The van der Waals surface area contributed by atoms with E-state index in [9.17, 15) is 9.59 Å². The second-order valence-electron chi connectivity index (χ2n) is 6.63. The summed E-state index contributed by atoms with van der Waals surface area (Å²) in [6.45, 7) is 3.14. The lowest BCUT2D eigenvalue weighted by Gasteiger charge is -2.32. The van der Waals surface area contributed by atoms with Crippen molar-refractivity contribution in [3.05, 3.63) is 59.7 Å². The molecule has 2 amide bonds. The molecule has 0 saturated carbocycles. The van der Waals surface area contributed by atoms with Gasteiger partial charge < -0.3 is 10.2 Å². The maximum absolute atomic E-state index is 13.0.